The van der Waals surface area contributed by atoms with Crippen molar-refractivity contribution in [1.29, 1.82) is 0 Å². The number of hydrogen-bond donors (Lipinski definition) is 2. The third kappa shape index (κ3) is 3.18. The third-order valence-corrected chi connectivity index (χ3v) is 5.42. The molecule has 0 atom stereocenters. The molecule has 1 aromatic rings. The standard InChI is InChI=1S/C15H24N2OS/c1-11-3-5-15(10-16,6-4-11)14(18)17-7-13-9-19-8-12(13)2/h8-9,11H,3-7,10,16H2,1-2H3,(H,17,18). The van der Waals surface area contributed by atoms with E-state index in [-0.39, 0.29) is 11.3 Å². The minimum Gasteiger partial charge on any atom is -0.351 e. The molecular formula is C15H24N2OS. The Hall–Kier alpha value is -0.870. The number of nitrogens with one attached hydrogen (secondary N) is 1. The summed E-state index contributed by atoms with van der Waals surface area (Å²) >= 11 is 1.68. The monoisotopic (exact) mass is 280 g/mol. The van der Waals surface area contributed by atoms with Gasteiger partial charge in [0.15, 0.2) is 0 Å². The highest BCUT2D eigenvalue weighted by Gasteiger charge is 2.39. The molecule has 1 aliphatic carbocycles. The quantitative estimate of drug-likeness (QED) is 0.891. The van der Waals surface area contributed by atoms with Crippen LogP contribution in [-0.2, 0) is 11.3 Å². The number of aryl methyl sites for hydroxylation is 1. The summed E-state index contributed by atoms with van der Waals surface area (Å²) in [5, 5.41) is 7.31. The van der Waals surface area contributed by atoms with Gasteiger partial charge < -0.3 is 11.1 Å². The van der Waals surface area contributed by atoms with E-state index in [1.165, 1.54) is 11.1 Å². The summed E-state index contributed by atoms with van der Waals surface area (Å²) in [4.78, 5) is 12.5. The SMILES string of the molecule is Cc1cscc1CNC(=O)C1(CN)CCC(C)CC1. The maximum atomic E-state index is 12.5. The van der Waals surface area contributed by atoms with Gasteiger partial charge in [0.05, 0.1) is 5.41 Å². The predicted molar refractivity (Wildman–Crippen MR) is 80.0 cm³/mol. The minimum atomic E-state index is -0.323. The van der Waals surface area contributed by atoms with Crippen molar-refractivity contribution in [3.05, 3.63) is 21.9 Å². The number of carbonyl (C=O) groups excluding carboxylic acids is 1. The molecule has 1 heterocycles. The smallest absolute Gasteiger partial charge is 0.227 e. The fourth-order valence-electron chi connectivity index (χ4n) is 2.77. The van der Waals surface area contributed by atoms with Crippen LogP contribution in [0.25, 0.3) is 0 Å². The topological polar surface area (TPSA) is 55.1 Å². The van der Waals surface area contributed by atoms with E-state index in [0.29, 0.717) is 13.1 Å². The molecule has 4 heteroatoms. The van der Waals surface area contributed by atoms with Gasteiger partial charge in [-0.3, -0.25) is 4.79 Å². The number of amides is 1. The van der Waals surface area contributed by atoms with Gasteiger partial charge in [-0.15, -0.1) is 0 Å². The second-order valence-electron chi connectivity index (χ2n) is 5.93. The molecule has 2 rings (SSSR count). The zero-order valence-corrected chi connectivity index (χ0v) is 12.7. The highest BCUT2D eigenvalue weighted by molar-refractivity contribution is 7.08. The van der Waals surface area contributed by atoms with E-state index in [9.17, 15) is 4.79 Å². The number of nitrogens with two attached hydrogens (primary N) is 1. The van der Waals surface area contributed by atoms with Crippen LogP contribution >= 0.6 is 11.3 Å². The fraction of sp³-hybridized carbons (Fsp3) is 0.667. The van der Waals surface area contributed by atoms with Crippen LogP contribution in [0.15, 0.2) is 10.8 Å². The number of hydrogen-bond acceptors (Lipinski definition) is 3. The van der Waals surface area contributed by atoms with Crippen molar-refractivity contribution in [1.82, 2.24) is 5.32 Å². The minimum absolute atomic E-state index is 0.146. The number of thiophene rings is 1. The highest BCUT2D eigenvalue weighted by Crippen LogP contribution is 2.38. The van der Waals surface area contributed by atoms with E-state index in [4.69, 9.17) is 5.73 Å². The lowest BCUT2D eigenvalue weighted by Gasteiger charge is -2.37. The first-order valence-corrected chi connectivity index (χ1v) is 8.02. The normalized spacial score (nSPS) is 27.2. The number of carbonyl (C=O) groups is 1. The second-order valence-corrected chi connectivity index (χ2v) is 6.67. The Morgan fingerprint density at radius 2 is 2.16 bits per heavy atom. The summed E-state index contributed by atoms with van der Waals surface area (Å²) in [5.41, 5.74) is 8.05. The molecule has 3 nitrogen and oxygen atoms in total. The Labute approximate surface area is 119 Å². The molecule has 1 fully saturated rings. The lowest BCUT2D eigenvalue weighted by atomic mass is 9.70. The van der Waals surface area contributed by atoms with Crippen molar-refractivity contribution in [2.45, 2.75) is 46.1 Å². The Morgan fingerprint density at radius 1 is 1.47 bits per heavy atom. The molecule has 0 aliphatic heterocycles. The lowest BCUT2D eigenvalue weighted by molar-refractivity contribution is -0.133. The molecule has 1 amide bonds. The predicted octanol–water partition coefficient (Wildman–Crippen LogP) is 2.83. The molecule has 0 saturated heterocycles. The summed E-state index contributed by atoms with van der Waals surface area (Å²) in [6.45, 7) is 5.44. The van der Waals surface area contributed by atoms with Gasteiger partial charge in [-0.05, 0) is 60.4 Å². The van der Waals surface area contributed by atoms with E-state index >= 15 is 0 Å². The van der Waals surface area contributed by atoms with Crippen molar-refractivity contribution in [3.63, 3.8) is 0 Å². The van der Waals surface area contributed by atoms with Crippen molar-refractivity contribution >= 4 is 17.2 Å². The maximum Gasteiger partial charge on any atom is 0.227 e. The van der Waals surface area contributed by atoms with Crippen molar-refractivity contribution < 1.29 is 4.79 Å². The van der Waals surface area contributed by atoms with Crippen molar-refractivity contribution in [3.8, 4) is 0 Å². The lowest BCUT2D eigenvalue weighted by Crippen LogP contribution is -2.47. The average molecular weight is 280 g/mol. The Morgan fingerprint density at radius 3 is 2.68 bits per heavy atom. The molecule has 0 bridgehead atoms. The van der Waals surface area contributed by atoms with Gasteiger partial charge in [0.1, 0.15) is 0 Å². The maximum absolute atomic E-state index is 12.5. The van der Waals surface area contributed by atoms with Crippen LogP contribution in [-0.4, -0.2) is 12.5 Å². The largest absolute Gasteiger partial charge is 0.351 e. The van der Waals surface area contributed by atoms with Gasteiger partial charge >= 0.3 is 0 Å². The summed E-state index contributed by atoms with van der Waals surface area (Å²) in [7, 11) is 0. The molecule has 0 aromatic carbocycles. The van der Waals surface area contributed by atoms with E-state index in [1.807, 2.05) is 0 Å². The molecule has 19 heavy (non-hydrogen) atoms. The molecule has 1 aromatic heterocycles. The van der Waals surface area contributed by atoms with Gasteiger partial charge in [-0.2, -0.15) is 11.3 Å². The average Bonchev–Trinajstić information content (AvgIpc) is 2.83. The summed E-state index contributed by atoms with van der Waals surface area (Å²) in [5.74, 6) is 0.874. The molecule has 1 aliphatic rings. The van der Waals surface area contributed by atoms with Gasteiger partial charge in [-0.1, -0.05) is 6.92 Å². The van der Waals surface area contributed by atoms with Crippen LogP contribution in [0.4, 0.5) is 0 Å². The van der Waals surface area contributed by atoms with Crippen molar-refractivity contribution in [2.75, 3.05) is 6.54 Å². The van der Waals surface area contributed by atoms with E-state index in [0.717, 1.165) is 31.6 Å². The zero-order valence-electron chi connectivity index (χ0n) is 11.9. The summed E-state index contributed by atoms with van der Waals surface area (Å²) < 4.78 is 0. The fourth-order valence-corrected chi connectivity index (χ4v) is 3.63. The van der Waals surface area contributed by atoms with E-state index in [2.05, 4.69) is 29.9 Å². The van der Waals surface area contributed by atoms with Crippen LogP contribution in [0.5, 0.6) is 0 Å². The second kappa shape index (κ2) is 6.06. The Bertz CT molecular complexity index is 433. The zero-order chi connectivity index (χ0) is 13.9. The molecular weight excluding hydrogens is 256 g/mol. The van der Waals surface area contributed by atoms with E-state index < -0.39 is 0 Å². The van der Waals surface area contributed by atoms with Gasteiger partial charge in [0.2, 0.25) is 5.91 Å². The number of rotatable bonds is 4. The molecule has 3 N–H and O–H groups in total. The van der Waals surface area contributed by atoms with Crippen LogP contribution in [0.2, 0.25) is 0 Å². The Balaban J connectivity index is 1.96. The van der Waals surface area contributed by atoms with Crippen LogP contribution in [0.1, 0.15) is 43.7 Å². The van der Waals surface area contributed by atoms with Crippen molar-refractivity contribution in [2.24, 2.45) is 17.1 Å². The summed E-state index contributed by atoms with van der Waals surface area (Å²) in [6, 6.07) is 0. The van der Waals surface area contributed by atoms with Gasteiger partial charge in [0, 0.05) is 13.1 Å². The van der Waals surface area contributed by atoms with Crippen LogP contribution in [0.3, 0.4) is 0 Å². The molecule has 0 unspecified atom stereocenters. The molecule has 106 valence electrons. The summed E-state index contributed by atoms with van der Waals surface area (Å²) in [6.07, 6.45) is 4.09. The first-order chi connectivity index (χ1) is 9.07. The molecule has 0 spiro atoms. The van der Waals surface area contributed by atoms with E-state index in [1.54, 1.807) is 11.3 Å². The first kappa shape index (κ1) is 14.5. The first-order valence-electron chi connectivity index (χ1n) is 7.07. The van der Waals surface area contributed by atoms with Gasteiger partial charge in [0.25, 0.3) is 0 Å². The third-order valence-electron chi connectivity index (χ3n) is 4.50. The van der Waals surface area contributed by atoms with Gasteiger partial charge in [-0.25, -0.2) is 0 Å². The Kier molecular flexibility index (Phi) is 4.63. The highest BCUT2D eigenvalue weighted by atomic mass is 32.1. The molecule has 1 saturated carbocycles. The van der Waals surface area contributed by atoms with Crippen LogP contribution in [0, 0.1) is 18.3 Å². The van der Waals surface area contributed by atoms with Crippen LogP contribution < -0.4 is 11.1 Å². The molecule has 0 radical (unpaired) electrons.